The van der Waals surface area contributed by atoms with Gasteiger partial charge in [0, 0.05) is 0 Å². The number of nitrogens with two attached hydrogens (primary N) is 1. The van der Waals surface area contributed by atoms with Crippen LogP contribution in [0, 0.1) is 0 Å². The number of amides is 1. The summed E-state index contributed by atoms with van der Waals surface area (Å²) in [6, 6.07) is 8.85. The molecule has 0 heterocycles. The molecule has 0 radical (unpaired) electrons. The van der Waals surface area contributed by atoms with Gasteiger partial charge in [0.05, 0.1) is 11.7 Å². The molecule has 1 aromatic rings. The zero-order valence-electron chi connectivity index (χ0n) is 7.45. The number of para-hydroxylation sites is 1. The number of hydrazine groups is 1. The number of hydrogen-bond donors (Lipinski definition) is 3. The Hall–Kier alpha value is -1.55. The summed E-state index contributed by atoms with van der Waals surface area (Å²) < 4.78 is 0. The number of rotatable bonds is 3. The van der Waals surface area contributed by atoms with Gasteiger partial charge in [-0.2, -0.15) is 0 Å². The van der Waals surface area contributed by atoms with Gasteiger partial charge in [0.15, 0.2) is 0 Å². The molecule has 0 bridgehead atoms. The largest absolute Gasteiger partial charge is 0.320 e. The lowest BCUT2D eigenvalue weighted by Crippen LogP contribution is -2.41. The third-order valence-corrected chi connectivity index (χ3v) is 1.52. The lowest BCUT2D eigenvalue weighted by molar-refractivity contribution is -0.121. The Morgan fingerprint density at radius 3 is 2.54 bits per heavy atom. The molecule has 0 unspecified atom stereocenters. The standard InChI is InChI=1S/C9H13N3O/c1-7(10)9(13)12-11-8-5-3-2-4-6-8/h2-7,11H,10H2,1H3,(H,12,13)/t7-/m1/s1. The summed E-state index contributed by atoms with van der Waals surface area (Å²) in [6.45, 7) is 1.63. The van der Waals surface area contributed by atoms with E-state index in [1.54, 1.807) is 6.92 Å². The Morgan fingerprint density at radius 1 is 1.38 bits per heavy atom. The van der Waals surface area contributed by atoms with Crippen molar-refractivity contribution >= 4 is 11.6 Å². The van der Waals surface area contributed by atoms with E-state index in [0.29, 0.717) is 0 Å². The van der Waals surface area contributed by atoms with Crippen molar-refractivity contribution in [2.24, 2.45) is 5.73 Å². The van der Waals surface area contributed by atoms with E-state index < -0.39 is 6.04 Å². The predicted molar refractivity (Wildman–Crippen MR) is 51.9 cm³/mol. The van der Waals surface area contributed by atoms with E-state index in [0.717, 1.165) is 5.69 Å². The highest BCUT2D eigenvalue weighted by molar-refractivity contribution is 5.82. The normalized spacial score (nSPS) is 11.8. The Bertz CT molecular complexity index is 271. The van der Waals surface area contributed by atoms with Crippen LogP contribution in [0.2, 0.25) is 0 Å². The Kier molecular flexibility index (Phi) is 3.28. The van der Waals surface area contributed by atoms with Crippen molar-refractivity contribution < 1.29 is 4.79 Å². The summed E-state index contributed by atoms with van der Waals surface area (Å²) in [5, 5.41) is 0. The van der Waals surface area contributed by atoms with E-state index in [2.05, 4.69) is 10.9 Å². The Labute approximate surface area is 77.1 Å². The van der Waals surface area contributed by atoms with Crippen LogP contribution in [-0.2, 0) is 4.79 Å². The number of anilines is 1. The molecule has 4 N–H and O–H groups in total. The summed E-state index contributed by atoms with van der Waals surface area (Å²) >= 11 is 0. The SMILES string of the molecule is C[C@@H](N)C(=O)NNc1ccccc1. The predicted octanol–water partition coefficient (Wildman–Crippen LogP) is 0.477. The molecule has 0 aliphatic carbocycles. The molecule has 0 aromatic heterocycles. The van der Waals surface area contributed by atoms with Crippen LogP contribution in [0.3, 0.4) is 0 Å². The fourth-order valence-electron chi connectivity index (χ4n) is 0.769. The van der Waals surface area contributed by atoms with Crippen molar-refractivity contribution in [3.8, 4) is 0 Å². The number of carbonyl (C=O) groups is 1. The first-order valence-electron chi connectivity index (χ1n) is 4.06. The molecular formula is C9H13N3O. The minimum absolute atomic E-state index is 0.233. The molecule has 0 saturated heterocycles. The summed E-state index contributed by atoms with van der Waals surface area (Å²) in [7, 11) is 0. The monoisotopic (exact) mass is 179 g/mol. The van der Waals surface area contributed by atoms with E-state index in [-0.39, 0.29) is 5.91 Å². The van der Waals surface area contributed by atoms with Gasteiger partial charge in [-0.1, -0.05) is 18.2 Å². The smallest absolute Gasteiger partial charge is 0.254 e. The van der Waals surface area contributed by atoms with E-state index in [4.69, 9.17) is 5.73 Å². The zero-order chi connectivity index (χ0) is 9.68. The molecule has 1 amide bonds. The molecule has 4 nitrogen and oxygen atoms in total. The lowest BCUT2D eigenvalue weighted by Gasteiger charge is -2.09. The molecule has 13 heavy (non-hydrogen) atoms. The second-order valence-corrected chi connectivity index (χ2v) is 2.77. The van der Waals surface area contributed by atoms with Gasteiger partial charge >= 0.3 is 0 Å². The average Bonchev–Trinajstić information content (AvgIpc) is 2.15. The van der Waals surface area contributed by atoms with Crippen LogP contribution < -0.4 is 16.6 Å². The zero-order valence-corrected chi connectivity index (χ0v) is 7.45. The molecule has 70 valence electrons. The minimum Gasteiger partial charge on any atom is -0.320 e. The van der Waals surface area contributed by atoms with Crippen molar-refractivity contribution in [3.63, 3.8) is 0 Å². The lowest BCUT2D eigenvalue weighted by atomic mass is 10.3. The number of hydrogen-bond acceptors (Lipinski definition) is 3. The van der Waals surface area contributed by atoms with Crippen molar-refractivity contribution in [1.82, 2.24) is 5.43 Å². The molecule has 1 aromatic carbocycles. The molecule has 0 aliphatic heterocycles. The van der Waals surface area contributed by atoms with Gasteiger partial charge in [0.1, 0.15) is 0 Å². The Morgan fingerprint density at radius 2 is 2.00 bits per heavy atom. The van der Waals surface area contributed by atoms with Crippen LogP contribution in [-0.4, -0.2) is 11.9 Å². The third kappa shape index (κ3) is 3.13. The van der Waals surface area contributed by atoms with Crippen LogP contribution in [0.15, 0.2) is 30.3 Å². The average molecular weight is 179 g/mol. The van der Waals surface area contributed by atoms with Gasteiger partial charge in [-0.3, -0.25) is 15.6 Å². The molecule has 1 atom stereocenters. The van der Waals surface area contributed by atoms with Gasteiger partial charge in [0.25, 0.3) is 5.91 Å². The van der Waals surface area contributed by atoms with Crippen LogP contribution in [0.5, 0.6) is 0 Å². The minimum atomic E-state index is -0.504. The molecule has 0 fully saturated rings. The van der Waals surface area contributed by atoms with Crippen molar-refractivity contribution in [1.29, 1.82) is 0 Å². The maximum absolute atomic E-state index is 11.0. The Balaban J connectivity index is 2.40. The van der Waals surface area contributed by atoms with Crippen molar-refractivity contribution in [3.05, 3.63) is 30.3 Å². The van der Waals surface area contributed by atoms with Gasteiger partial charge in [-0.05, 0) is 19.1 Å². The molecular weight excluding hydrogens is 166 g/mol. The molecule has 0 spiro atoms. The van der Waals surface area contributed by atoms with Crippen LogP contribution >= 0.6 is 0 Å². The van der Waals surface area contributed by atoms with E-state index >= 15 is 0 Å². The highest BCUT2D eigenvalue weighted by Crippen LogP contribution is 2.02. The first-order chi connectivity index (χ1) is 6.20. The van der Waals surface area contributed by atoms with E-state index in [9.17, 15) is 4.79 Å². The first-order valence-corrected chi connectivity index (χ1v) is 4.06. The summed E-state index contributed by atoms with van der Waals surface area (Å²) in [6.07, 6.45) is 0. The van der Waals surface area contributed by atoms with E-state index in [1.165, 1.54) is 0 Å². The van der Waals surface area contributed by atoms with Gasteiger partial charge in [-0.25, -0.2) is 0 Å². The number of benzene rings is 1. The number of carbonyl (C=O) groups excluding carboxylic acids is 1. The maximum atomic E-state index is 11.0. The van der Waals surface area contributed by atoms with Crippen molar-refractivity contribution in [2.75, 3.05) is 5.43 Å². The molecule has 0 saturated carbocycles. The van der Waals surface area contributed by atoms with Crippen LogP contribution in [0.25, 0.3) is 0 Å². The fraction of sp³-hybridized carbons (Fsp3) is 0.222. The number of nitrogens with one attached hydrogen (secondary N) is 2. The summed E-state index contributed by atoms with van der Waals surface area (Å²) in [4.78, 5) is 11.0. The van der Waals surface area contributed by atoms with Gasteiger partial charge in [-0.15, -0.1) is 0 Å². The second-order valence-electron chi connectivity index (χ2n) is 2.77. The van der Waals surface area contributed by atoms with Gasteiger partial charge < -0.3 is 5.73 Å². The molecule has 1 rings (SSSR count). The van der Waals surface area contributed by atoms with Crippen LogP contribution in [0.1, 0.15) is 6.92 Å². The highest BCUT2D eigenvalue weighted by Gasteiger charge is 2.04. The fourth-order valence-corrected chi connectivity index (χ4v) is 0.769. The first kappa shape index (κ1) is 9.54. The summed E-state index contributed by atoms with van der Waals surface area (Å²) in [5.74, 6) is -0.233. The topological polar surface area (TPSA) is 67.2 Å². The summed E-state index contributed by atoms with van der Waals surface area (Å²) in [5.41, 5.74) is 11.4. The van der Waals surface area contributed by atoms with E-state index in [1.807, 2.05) is 30.3 Å². The molecule has 4 heteroatoms. The highest BCUT2D eigenvalue weighted by atomic mass is 16.2. The second kappa shape index (κ2) is 4.47. The quantitative estimate of drug-likeness (QED) is 0.591. The maximum Gasteiger partial charge on any atom is 0.254 e. The molecule has 0 aliphatic rings. The van der Waals surface area contributed by atoms with Gasteiger partial charge in [0.2, 0.25) is 0 Å². The van der Waals surface area contributed by atoms with Crippen molar-refractivity contribution in [2.45, 2.75) is 13.0 Å². The van der Waals surface area contributed by atoms with Crippen LogP contribution in [0.4, 0.5) is 5.69 Å². The third-order valence-electron chi connectivity index (χ3n) is 1.52.